The Bertz CT molecular complexity index is 731. The predicted octanol–water partition coefficient (Wildman–Crippen LogP) is 2.96. The Balaban J connectivity index is 2.40. The van der Waals surface area contributed by atoms with Crippen molar-refractivity contribution in [1.82, 2.24) is 0 Å². The van der Waals surface area contributed by atoms with E-state index in [9.17, 15) is 13.5 Å². The highest BCUT2D eigenvalue weighted by atomic mass is 79.9. The Kier molecular flexibility index (Phi) is 4.20. The van der Waals surface area contributed by atoms with Gasteiger partial charge in [-0.05, 0) is 30.3 Å². The molecule has 0 aliphatic carbocycles. The number of rotatable bonds is 4. The number of benzene rings is 2. The summed E-state index contributed by atoms with van der Waals surface area (Å²) in [5, 5.41) is 9.36. The van der Waals surface area contributed by atoms with E-state index in [0.717, 1.165) is 0 Å². The number of halogens is 1. The first-order valence-electron chi connectivity index (χ1n) is 5.58. The van der Waals surface area contributed by atoms with Crippen molar-refractivity contribution in [2.24, 2.45) is 0 Å². The average molecular weight is 358 g/mol. The van der Waals surface area contributed by atoms with Gasteiger partial charge in [-0.1, -0.05) is 22.0 Å². The summed E-state index contributed by atoms with van der Waals surface area (Å²) >= 11 is 3.27. The van der Waals surface area contributed by atoms with Crippen LogP contribution < -0.4 is 9.46 Å². The topological polar surface area (TPSA) is 75.6 Å². The van der Waals surface area contributed by atoms with Crippen molar-refractivity contribution in [3.8, 4) is 11.5 Å². The number of methoxy groups -OCH3 is 1. The number of phenolic OH excluding ortho intramolecular Hbond substituents is 1. The maximum absolute atomic E-state index is 12.2. The van der Waals surface area contributed by atoms with Crippen LogP contribution in [-0.4, -0.2) is 20.6 Å². The van der Waals surface area contributed by atoms with Crippen molar-refractivity contribution in [3.05, 3.63) is 46.9 Å². The zero-order chi connectivity index (χ0) is 14.8. The molecular formula is C13H12BrNO4S. The Morgan fingerprint density at radius 2 is 1.95 bits per heavy atom. The molecule has 2 aromatic carbocycles. The highest BCUT2D eigenvalue weighted by molar-refractivity contribution is 9.10. The number of nitrogens with one attached hydrogen (secondary N) is 1. The van der Waals surface area contributed by atoms with E-state index in [1.807, 2.05) is 0 Å². The quantitative estimate of drug-likeness (QED) is 0.881. The lowest BCUT2D eigenvalue weighted by Crippen LogP contribution is -2.13. The average Bonchev–Trinajstić information content (AvgIpc) is 2.38. The SMILES string of the molecule is COc1ccc(Br)cc1NS(=O)(=O)c1cccc(O)c1. The minimum atomic E-state index is -3.80. The van der Waals surface area contributed by atoms with Crippen LogP contribution in [0.1, 0.15) is 0 Å². The maximum atomic E-state index is 12.2. The standard InChI is InChI=1S/C13H12BrNO4S/c1-19-13-6-5-9(14)7-12(13)15-20(17,18)11-4-2-3-10(16)8-11/h2-8,15-16H,1H3. The lowest BCUT2D eigenvalue weighted by molar-refractivity contribution is 0.417. The van der Waals surface area contributed by atoms with Crippen LogP contribution in [0, 0.1) is 0 Å². The molecule has 7 heteroatoms. The minimum absolute atomic E-state index is 0.0282. The first kappa shape index (κ1) is 14.7. The molecule has 0 heterocycles. The van der Waals surface area contributed by atoms with Gasteiger partial charge < -0.3 is 9.84 Å². The van der Waals surface area contributed by atoms with E-state index in [0.29, 0.717) is 15.9 Å². The van der Waals surface area contributed by atoms with Crippen LogP contribution in [0.15, 0.2) is 51.8 Å². The van der Waals surface area contributed by atoms with E-state index in [2.05, 4.69) is 20.7 Å². The molecule has 0 bridgehead atoms. The fraction of sp³-hybridized carbons (Fsp3) is 0.0769. The van der Waals surface area contributed by atoms with Crippen LogP contribution in [0.5, 0.6) is 11.5 Å². The lowest BCUT2D eigenvalue weighted by atomic mass is 10.3. The van der Waals surface area contributed by atoms with Gasteiger partial charge in [0.1, 0.15) is 11.5 Å². The van der Waals surface area contributed by atoms with E-state index in [-0.39, 0.29) is 10.6 Å². The van der Waals surface area contributed by atoms with E-state index >= 15 is 0 Å². The highest BCUT2D eigenvalue weighted by Gasteiger charge is 2.17. The van der Waals surface area contributed by atoms with E-state index in [1.54, 1.807) is 18.2 Å². The number of hydrogen-bond acceptors (Lipinski definition) is 4. The van der Waals surface area contributed by atoms with Gasteiger partial charge >= 0.3 is 0 Å². The smallest absolute Gasteiger partial charge is 0.262 e. The van der Waals surface area contributed by atoms with Crippen LogP contribution in [0.3, 0.4) is 0 Å². The third-order valence-corrected chi connectivity index (χ3v) is 4.39. The van der Waals surface area contributed by atoms with Gasteiger partial charge in [-0.2, -0.15) is 0 Å². The first-order valence-corrected chi connectivity index (χ1v) is 7.85. The summed E-state index contributed by atoms with van der Waals surface area (Å²) in [4.78, 5) is -0.0282. The number of anilines is 1. The molecule has 0 spiro atoms. The Morgan fingerprint density at radius 3 is 2.60 bits per heavy atom. The van der Waals surface area contributed by atoms with Gasteiger partial charge in [-0.25, -0.2) is 8.42 Å². The van der Waals surface area contributed by atoms with Gasteiger partial charge in [0.05, 0.1) is 17.7 Å². The van der Waals surface area contributed by atoms with Crippen molar-refractivity contribution >= 4 is 31.6 Å². The van der Waals surface area contributed by atoms with Gasteiger partial charge in [0.2, 0.25) is 0 Å². The molecule has 0 aromatic heterocycles. The lowest BCUT2D eigenvalue weighted by Gasteiger charge is -2.12. The second kappa shape index (κ2) is 5.72. The summed E-state index contributed by atoms with van der Waals surface area (Å²) in [6.07, 6.45) is 0. The summed E-state index contributed by atoms with van der Waals surface area (Å²) < 4.78 is 32.7. The summed E-state index contributed by atoms with van der Waals surface area (Å²) in [5.41, 5.74) is 0.310. The molecule has 20 heavy (non-hydrogen) atoms. The number of ether oxygens (including phenoxy) is 1. The Labute approximate surface area is 125 Å². The maximum Gasteiger partial charge on any atom is 0.262 e. The Morgan fingerprint density at radius 1 is 1.20 bits per heavy atom. The van der Waals surface area contributed by atoms with Gasteiger partial charge in [0.15, 0.2) is 0 Å². The molecule has 106 valence electrons. The van der Waals surface area contributed by atoms with Crippen molar-refractivity contribution in [2.45, 2.75) is 4.90 Å². The molecule has 5 nitrogen and oxygen atoms in total. The molecule has 2 rings (SSSR count). The molecule has 2 aromatic rings. The third kappa shape index (κ3) is 3.23. The fourth-order valence-electron chi connectivity index (χ4n) is 1.61. The Hall–Kier alpha value is -1.73. The zero-order valence-electron chi connectivity index (χ0n) is 10.5. The van der Waals surface area contributed by atoms with Crippen molar-refractivity contribution in [1.29, 1.82) is 0 Å². The molecule has 0 saturated heterocycles. The summed E-state index contributed by atoms with van der Waals surface area (Å²) in [7, 11) is -2.34. The molecule has 2 N–H and O–H groups in total. The zero-order valence-corrected chi connectivity index (χ0v) is 12.9. The van der Waals surface area contributed by atoms with Crippen molar-refractivity contribution < 1.29 is 18.3 Å². The number of aromatic hydroxyl groups is 1. The fourth-order valence-corrected chi connectivity index (χ4v) is 3.08. The number of sulfonamides is 1. The van der Waals surface area contributed by atoms with Crippen LogP contribution in [0.2, 0.25) is 0 Å². The van der Waals surface area contributed by atoms with Gasteiger partial charge in [0.25, 0.3) is 10.0 Å². The molecule has 0 atom stereocenters. The van der Waals surface area contributed by atoms with Gasteiger partial charge in [-0.15, -0.1) is 0 Å². The van der Waals surface area contributed by atoms with Gasteiger partial charge in [0, 0.05) is 10.5 Å². The normalized spacial score (nSPS) is 11.1. The molecular weight excluding hydrogens is 346 g/mol. The van der Waals surface area contributed by atoms with Crippen LogP contribution in [-0.2, 0) is 10.0 Å². The second-order valence-electron chi connectivity index (χ2n) is 3.95. The van der Waals surface area contributed by atoms with Gasteiger partial charge in [-0.3, -0.25) is 4.72 Å². The van der Waals surface area contributed by atoms with E-state index in [4.69, 9.17) is 4.74 Å². The largest absolute Gasteiger partial charge is 0.508 e. The first-order chi connectivity index (χ1) is 9.42. The number of hydrogen-bond donors (Lipinski definition) is 2. The molecule has 0 unspecified atom stereocenters. The molecule has 0 fully saturated rings. The minimum Gasteiger partial charge on any atom is -0.508 e. The summed E-state index contributed by atoms with van der Waals surface area (Å²) in [5.74, 6) is 0.283. The van der Waals surface area contributed by atoms with Crippen LogP contribution in [0.4, 0.5) is 5.69 Å². The predicted molar refractivity (Wildman–Crippen MR) is 79.6 cm³/mol. The number of phenols is 1. The summed E-state index contributed by atoms with van der Waals surface area (Å²) in [6.45, 7) is 0. The molecule has 0 radical (unpaired) electrons. The monoisotopic (exact) mass is 357 g/mol. The van der Waals surface area contributed by atoms with E-state index in [1.165, 1.54) is 31.4 Å². The van der Waals surface area contributed by atoms with Crippen molar-refractivity contribution in [3.63, 3.8) is 0 Å². The van der Waals surface area contributed by atoms with Crippen molar-refractivity contribution in [2.75, 3.05) is 11.8 Å². The molecule has 0 aliphatic rings. The van der Waals surface area contributed by atoms with E-state index < -0.39 is 10.0 Å². The van der Waals surface area contributed by atoms with Crippen LogP contribution >= 0.6 is 15.9 Å². The second-order valence-corrected chi connectivity index (χ2v) is 6.55. The highest BCUT2D eigenvalue weighted by Crippen LogP contribution is 2.30. The molecule has 0 saturated carbocycles. The molecule has 0 aliphatic heterocycles. The summed E-state index contributed by atoms with van der Waals surface area (Å²) in [6, 6.07) is 10.4. The van der Waals surface area contributed by atoms with Crippen LogP contribution in [0.25, 0.3) is 0 Å². The third-order valence-electron chi connectivity index (χ3n) is 2.53. The molecule has 0 amide bonds.